The molecule has 0 unspecified atom stereocenters. The van der Waals surface area contributed by atoms with Gasteiger partial charge in [-0.05, 0) is 67.2 Å². The quantitative estimate of drug-likeness (QED) is 0.728. The highest BCUT2D eigenvalue weighted by atomic mass is 35.5. The maximum Gasteiger partial charge on any atom is 0.221 e. The summed E-state index contributed by atoms with van der Waals surface area (Å²) in [6.45, 7) is 3.43. The van der Waals surface area contributed by atoms with E-state index in [1.807, 2.05) is 37.3 Å². The molecule has 22 heavy (non-hydrogen) atoms. The summed E-state index contributed by atoms with van der Waals surface area (Å²) < 4.78 is 0. The van der Waals surface area contributed by atoms with Gasteiger partial charge in [0.05, 0.1) is 0 Å². The highest BCUT2D eigenvalue weighted by Gasteiger charge is 2.03. The van der Waals surface area contributed by atoms with Crippen molar-refractivity contribution in [3.63, 3.8) is 0 Å². The van der Waals surface area contributed by atoms with Crippen LogP contribution in [0.2, 0.25) is 5.02 Å². The molecular weight excluding hydrogens is 318 g/mol. The van der Waals surface area contributed by atoms with E-state index < -0.39 is 0 Å². The van der Waals surface area contributed by atoms with Crippen LogP contribution in [-0.2, 0) is 4.79 Å². The molecule has 0 aromatic heterocycles. The first-order valence-electron chi connectivity index (χ1n) is 6.66. The second kappa shape index (κ2) is 7.24. The summed E-state index contributed by atoms with van der Waals surface area (Å²) in [4.78, 5) is 11.0. The first-order valence-corrected chi connectivity index (χ1v) is 7.44. The summed E-state index contributed by atoms with van der Waals surface area (Å²) in [5, 5.41) is 10.1. The minimum atomic E-state index is -0.101. The second-order valence-corrected chi connectivity index (χ2v) is 5.64. The van der Waals surface area contributed by atoms with Crippen molar-refractivity contribution in [3.05, 3.63) is 53.1 Å². The van der Waals surface area contributed by atoms with Gasteiger partial charge < -0.3 is 16.0 Å². The van der Waals surface area contributed by atoms with Crippen LogP contribution >= 0.6 is 23.8 Å². The topological polar surface area (TPSA) is 53.2 Å². The van der Waals surface area contributed by atoms with Crippen LogP contribution in [0.1, 0.15) is 12.5 Å². The van der Waals surface area contributed by atoms with Gasteiger partial charge in [-0.15, -0.1) is 0 Å². The molecule has 0 saturated heterocycles. The van der Waals surface area contributed by atoms with Crippen molar-refractivity contribution in [2.75, 3.05) is 16.0 Å². The summed E-state index contributed by atoms with van der Waals surface area (Å²) in [5.74, 6) is -0.101. The van der Waals surface area contributed by atoms with Crippen LogP contribution in [0.4, 0.5) is 17.1 Å². The lowest BCUT2D eigenvalue weighted by atomic mass is 10.2. The van der Waals surface area contributed by atoms with Crippen LogP contribution < -0.4 is 16.0 Å². The number of carbonyl (C=O) groups excluding carboxylic acids is 1. The van der Waals surface area contributed by atoms with Crippen molar-refractivity contribution in [2.45, 2.75) is 13.8 Å². The fourth-order valence-corrected chi connectivity index (χ4v) is 2.35. The fraction of sp³-hybridized carbons (Fsp3) is 0.125. The zero-order valence-electron chi connectivity index (χ0n) is 12.2. The molecule has 1 amide bonds. The minimum absolute atomic E-state index is 0.101. The average Bonchev–Trinajstić information content (AvgIpc) is 2.43. The van der Waals surface area contributed by atoms with E-state index in [-0.39, 0.29) is 5.91 Å². The number of nitrogens with one attached hydrogen (secondary N) is 3. The largest absolute Gasteiger partial charge is 0.332 e. The maximum atomic E-state index is 11.0. The van der Waals surface area contributed by atoms with E-state index in [2.05, 4.69) is 16.0 Å². The Labute approximate surface area is 139 Å². The molecule has 6 heteroatoms. The van der Waals surface area contributed by atoms with Crippen LogP contribution in [0.5, 0.6) is 0 Å². The number of amides is 1. The lowest BCUT2D eigenvalue weighted by Gasteiger charge is -2.13. The molecular formula is C16H16ClN3OS. The van der Waals surface area contributed by atoms with Crippen molar-refractivity contribution in [3.8, 4) is 0 Å². The van der Waals surface area contributed by atoms with Crippen LogP contribution in [0.25, 0.3) is 0 Å². The highest BCUT2D eigenvalue weighted by molar-refractivity contribution is 7.80. The van der Waals surface area contributed by atoms with Crippen molar-refractivity contribution in [1.29, 1.82) is 0 Å². The number of halogens is 1. The molecule has 0 heterocycles. The minimum Gasteiger partial charge on any atom is -0.332 e. The van der Waals surface area contributed by atoms with E-state index >= 15 is 0 Å². The van der Waals surface area contributed by atoms with Gasteiger partial charge in [0, 0.05) is 29.0 Å². The molecule has 2 aromatic rings. The van der Waals surface area contributed by atoms with Gasteiger partial charge >= 0.3 is 0 Å². The molecule has 0 radical (unpaired) electrons. The zero-order valence-corrected chi connectivity index (χ0v) is 13.8. The summed E-state index contributed by atoms with van der Waals surface area (Å²) in [7, 11) is 0. The predicted molar refractivity (Wildman–Crippen MR) is 96.8 cm³/mol. The van der Waals surface area contributed by atoms with Gasteiger partial charge in [-0.1, -0.05) is 11.6 Å². The third-order valence-electron chi connectivity index (χ3n) is 2.90. The summed E-state index contributed by atoms with van der Waals surface area (Å²) >= 11 is 11.2. The standard InChI is InChI=1S/C16H16ClN3OS/c1-10-9-12(17)3-8-15(10)20-16(22)19-14-6-4-13(5-7-14)18-11(2)21/h3-9H,1-2H3,(H,18,21)(H2,19,20,22). The Balaban J connectivity index is 1.98. The molecule has 114 valence electrons. The molecule has 2 rings (SSSR count). The number of thiocarbonyl (C=S) groups is 1. The van der Waals surface area contributed by atoms with Crippen LogP contribution in [0.3, 0.4) is 0 Å². The first kappa shape index (κ1) is 16.3. The lowest BCUT2D eigenvalue weighted by molar-refractivity contribution is -0.114. The summed E-state index contributed by atoms with van der Waals surface area (Å²) in [6.07, 6.45) is 0. The Bertz CT molecular complexity index is 701. The molecule has 0 saturated carbocycles. The third kappa shape index (κ3) is 4.72. The van der Waals surface area contributed by atoms with Crippen molar-refractivity contribution in [1.82, 2.24) is 0 Å². The summed E-state index contributed by atoms with van der Waals surface area (Å²) in [6, 6.07) is 12.9. The molecule has 0 fully saturated rings. The van der Waals surface area contributed by atoms with E-state index in [1.54, 1.807) is 12.1 Å². The van der Waals surface area contributed by atoms with Crippen molar-refractivity contribution in [2.24, 2.45) is 0 Å². The Morgan fingerprint density at radius 3 is 2.14 bits per heavy atom. The molecule has 0 aliphatic carbocycles. The highest BCUT2D eigenvalue weighted by Crippen LogP contribution is 2.20. The number of benzene rings is 2. The van der Waals surface area contributed by atoms with Crippen LogP contribution in [0, 0.1) is 6.92 Å². The number of rotatable bonds is 3. The monoisotopic (exact) mass is 333 g/mol. The molecule has 4 nitrogen and oxygen atoms in total. The number of anilines is 3. The Hall–Kier alpha value is -2.11. The van der Waals surface area contributed by atoms with Crippen molar-refractivity contribution >= 4 is 51.9 Å². The normalized spacial score (nSPS) is 9.95. The van der Waals surface area contributed by atoms with Crippen molar-refractivity contribution < 1.29 is 4.79 Å². The molecule has 0 aliphatic heterocycles. The molecule has 0 atom stereocenters. The SMILES string of the molecule is CC(=O)Nc1ccc(NC(=S)Nc2ccc(Cl)cc2C)cc1. The van der Waals surface area contributed by atoms with Gasteiger partial charge in [0.1, 0.15) is 0 Å². The van der Waals surface area contributed by atoms with Gasteiger partial charge in [-0.25, -0.2) is 0 Å². The Kier molecular flexibility index (Phi) is 5.35. The molecule has 3 N–H and O–H groups in total. The molecule has 0 spiro atoms. The van der Waals surface area contributed by atoms with Gasteiger partial charge in [0.15, 0.2) is 5.11 Å². The van der Waals surface area contributed by atoms with Gasteiger partial charge in [-0.2, -0.15) is 0 Å². The summed E-state index contributed by atoms with van der Waals surface area (Å²) in [5.41, 5.74) is 3.48. The van der Waals surface area contributed by atoms with E-state index in [4.69, 9.17) is 23.8 Å². The zero-order chi connectivity index (χ0) is 16.1. The number of hydrogen-bond acceptors (Lipinski definition) is 2. The van der Waals surface area contributed by atoms with Gasteiger partial charge in [0.2, 0.25) is 5.91 Å². The first-order chi connectivity index (χ1) is 10.4. The lowest BCUT2D eigenvalue weighted by Crippen LogP contribution is -2.19. The van der Waals surface area contributed by atoms with E-state index in [9.17, 15) is 4.79 Å². The molecule has 2 aromatic carbocycles. The fourth-order valence-electron chi connectivity index (χ4n) is 1.89. The van der Waals surface area contributed by atoms with E-state index in [1.165, 1.54) is 6.92 Å². The second-order valence-electron chi connectivity index (χ2n) is 4.80. The van der Waals surface area contributed by atoms with E-state index in [0.29, 0.717) is 10.1 Å². The van der Waals surface area contributed by atoms with Crippen LogP contribution in [0.15, 0.2) is 42.5 Å². The molecule has 0 bridgehead atoms. The Morgan fingerprint density at radius 2 is 1.59 bits per heavy atom. The number of aryl methyl sites for hydroxylation is 1. The van der Waals surface area contributed by atoms with Crippen LogP contribution in [-0.4, -0.2) is 11.0 Å². The van der Waals surface area contributed by atoms with Gasteiger partial charge in [-0.3, -0.25) is 4.79 Å². The number of hydrogen-bond donors (Lipinski definition) is 3. The number of carbonyl (C=O) groups is 1. The Morgan fingerprint density at radius 1 is 1.00 bits per heavy atom. The molecule has 0 aliphatic rings. The predicted octanol–water partition coefficient (Wildman–Crippen LogP) is 4.42. The maximum absolute atomic E-state index is 11.0. The van der Waals surface area contributed by atoms with Gasteiger partial charge in [0.25, 0.3) is 0 Å². The average molecular weight is 334 g/mol. The smallest absolute Gasteiger partial charge is 0.221 e. The third-order valence-corrected chi connectivity index (χ3v) is 3.34. The van der Waals surface area contributed by atoms with E-state index in [0.717, 1.165) is 22.6 Å².